The lowest BCUT2D eigenvalue weighted by atomic mass is 9.96. The molecule has 0 aliphatic carbocycles. The predicted octanol–water partition coefficient (Wildman–Crippen LogP) is 1.72. The molecule has 1 atom stereocenters. The fourth-order valence-corrected chi connectivity index (χ4v) is 2.86. The van der Waals surface area contributed by atoms with Gasteiger partial charge in [0, 0.05) is 32.6 Å². The van der Waals surface area contributed by atoms with Crippen molar-refractivity contribution in [1.29, 1.82) is 0 Å². The van der Waals surface area contributed by atoms with Gasteiger partial charge in [0.15, 0.2) is 0 Å². The number of likely N-dealkylation sites (tertiary alicyclic amines) is 1. The number of halogens is 2. The van der Waals surface area contributed by atoms with E-state index < -0.39 is 0 Å². The van der Waals surface area contributed by atoms with E-state index in [9.17, 15) is 14.0 Å². The van der Waals surface area contributed by atoms with Gasteiger partial charge in [0.25, 0.3) is 0 Å². The molecular weight excluding hydrogens is 361 g/mol. The summed E-state index contributed by atoms with van der Waals surface area (Å²) in [6, 6.07) is 5.80. The van der Waals surface area contributed by atoms with Crippen LogP contribution in [-0.2, 0) is 9.59 Å². The molecule has 0 bridgehead atoms. The van der Waals surface area contributed by atoms with E-state index in [2.05, 4.69) is 5.32 Å². The summed E-state index contributed by atoms with van der Waals surface area (Å²) in [5.74, 6) is 0.141. The largest absolute Gasteiger partial charge is 0.494 e. The van der Waals surface area contributed by atoms with Crippen LogP contribution in [0, 0.1) is 11.7 Å². The van der Waals surface area contributed by atoms with E-state index in [1.165, 1.54) is 12.1 Å². The molecule has 0 aromatic heterocycles. The molecule has 0 spiro atoms. The first-order valence-corrected chi connectivity index (χ1v) is 8.74. The highest BCUT2D eigenvalue weighted by Gasteiger charge is 2.27. The van der Waals surface area contributed by atoms with Crippen LogP contribution in [0.1, 0.15) is 25.7 Å². The first-order chi connectivity index (χ1) is 12.1. The molecule has 6 nitrogen and oxygen atoms in total. The molecule has 1 unspecified atom stereocenters. The number of hydrogen-bond acceptors (Lipinski definition) is 4. The molecule has 0 saturated carbocycles. The van der Waals surface area contributed by atoms with Crippen molar-refractivity contribution in [3.05, 3.63) is 30.1 Å². The zero-order valence-corrected chi connectivity index (χ0v) is 15.6. The first kappa shape index (κ1) is 22.2. The van der Waals surface area contributed by atoms with Crippen LogP contribution in [0.5, 0.6) is 5.75 Å². The SMILES string of the molecule is Cl.NCCNC(=O)C1CCCN(C(=O)CCCOc2ccc(F)cc2)C1. The maximum atomic E-state index is 12.8. The van der Waals surface area contributed by atoms with Crippen LogP contribution in [0.15, 0.2) is 24.3 Å². The number of amides is 2. The van der Waals surface area contributed by atoms with Gasteiger partial charge in [0.1, 0.15) is 11.6 Å². The smallest absolute Gasteiger partial charge is 0.224 e. The van der Waals surface area contributed by atoms with E-state index in [0.717, 1.165) is 12.8 Å². The van der Waals surface area contributed by atoms with Crippen LogP contribution in [0.2, 0.25) is 0 Å². The summed E-state index contributed by atoms with van der Waals surface area (Å²) in [6.07, 6.45) is 2.58. The Morgan fingerprint density at radius 1 is 1.31 bits per heavy atom. The summed E-state index contributed by atoms with van der Waals surface area (Å²) in [7, 11) is 0. The Balaban J connectivity index is 0.00000338. The summed E-state index contributed by atoms with van der Waals surface area (Å²) in [6.45, 7) is 2.43. The number of carbonyl (C=O) groups is 2. The third-order valence-corrected chi connectivity index (χ3v) is 4.21. The number of nitrogens with two attached hydrogens (primary N) is 1. The number of carbonyl (C=O) groups excluding carboxylic acids is 2. The Bertz CT molecular complexity index is 571. The summed E-state index contributed by atoms with van der Waals surface area (Å²) in [5.41, 5.74) is 5.39. The lowest BCUT2D eigenvalue weighted by molar-refractivity contribution is -0.135. The fraction of sp³-hybridized carbons (Fsp3) is 0.556. The van der Waals surface area contributed by atoms with Gasteiger partial charge in [-0.3, -0.25) is 9.59 Å². The van der Waals surface area contributed by atoms with Gasteiger partial charge in [-0.15, -0.1) is 12.4 Å². The topological polar surface area (TPSA) is 84.7 Å². The Labute approximate surface area is 159 Å². The molecule has 1 heterocycles. The molecule has 1 aliphatic heterocycles. The Hall–Kier alpha value is -1.86. The van der Waals surface area contributed by atoms with Gasteiger partial charge in [-0.2, -0.15) is 0 Å². The van der Waals surface area contributed by atoms with Crippen molar-refractivity contribution in [3.8, 4) is 5.75 Å². The molecule has 1 aromatic rings. The fourth-order valence-electron chi connectivity index (χ4n) is 2.86. The normalized spacial score (nSPS) is 16.5. The van der Waals surface area contributed by atoms with Crippen molar-refractivity contribution in [1.82, 2.24) is 10.2 Å². The predicted molar refractivity (Wildman–Crippen MR) is 99.7 cm³/mol. The van der Waals surface area contributed by atoms with Gasteiger partial charge < -0.3 is 20.7 Å². The van der Waals surface area contributed by atoms with E-state index in [0.29, 0.717) is 51.4 Å². The molecule has 2 rings (SSSR count). The molecule has 1 fully saturated rings. The van der Waals surface area contributed by atoms with Gasteiger partial charge in [-0.05, 0) is 43.5 Å². The van der Waals surface area contributed by atoms with Crippen LogP contribution in [0.25, 0.3) is 0 Å². The molecule has 3 N–H and O–H groups in total. The number of nitrogens with one attached hydrogen (secondary N) is 1. The van der Waals surface area contributed by atoms with Crippen LogP contribution < -0.4 is 15.8 Å². The van der Waals surface area contributed by atoms with E-state index >= 15 is 0 Å². The van der Waals surface area contributed by atoms with Crippen molar-refractivity contribution < 1.29 is 18.7 Å². The average molecular weight is 388 g/mol. The minimum atomic E-state index is -0.308. The molecule has 146 valence electrons. The van der Waals surface area contributed by atoms with Crippen LogP contribution in [0.4, 0.5) is 4.39 Å². The zero-order chi connectivity index (χ0) is 18.1. The van der Waals surface area contributed by atoms with Gasteiger partial charge in [0.05, 0.1) is 12.5 Å². The van der Waals surface area contributed by atoms with Crippen molar-refractivity contribution >= 4 is 24.2 Å². The third kappa shape index (κ3) is 7.17. The number of nitrogens with zero attached hydrogens (tertiary/aromatic N) is 1. The van der Waals surface area contributed by atoms with Crippen molar-refractivity contribution in [3.63, 3.8) is 0 Å². The number of rotatable bonds is 8. The molecular formula is C18H27ClFN3O3. The molecule has 1 aliphatic rings. The lowest BCUT2D eigenvalue weighted by Gasteiger charge is -2.32. The number of ether oxygens (including phenoxy) is 1. The molecule has 8 heteroatoms. The first-order valence-electron chi connectivity index (χ1n) is 8.74. The lowest BCUT2D eigenvalue weighted by Crippen LogP contribution is -2.46. The highest BCUT2D eigenvalue weighted by atomic mass is 35.5. The van der Waals surface area contributed by atoms with Gasteiger partial charge in [-0.1, -0.05) is 0 Å². The van der Waals surface area contributed by atoms with Gasteiger partial charge in [0.2, 0.25) is 11.8 Å². The maximum absolute atomic E-state index is 12.8. The second-order valence-corrected chi connectivity index (χ2v) is 6.16. The zero-order valence-electron chi connectivity index (χ0n) is 14.8. The second kappa shape index (κ2) is 11.7. The second-order valence-electron chi connectivity index (χ2n) is 6.16. The van der Waals surface area contributed by atoms with Gasteiger partial charge >= 0.3 is 0 Å². The summed E-state index contributed by atoms with van der Waals surface area (Å²) < 4.78 is 18.3. The molecule has 1 aromatic carbocycles. The minimum absolute atomic E-state index is 0. The van der Waals surface area contributed by atoms with E-state index in [1.807, 2.05) is 0 Å². The number of piperidine rings is 1. The highest BCUT2D eigenvalue weighted by Crippen LogP contribution is 2.18. The van der Waals surface area contributed by atoms with E-state index in [4.69, 9.17) is 10.5 Å². The van der Waals surface area contributed by atoms with Crippen LogP contribution >= 0.6 is 12.4 Å². The Kier molecular flexibility index (Phi) is 9.98. The summed E-state index contributed by atoms with van der Waals surface area (Å²) >= 11 is 0. The Morgan fingerprint density at radius 2 is 2.04 bits per heavy atom. The third-order valence-electron chi connectivity index (χ3n) is 4.21. The van der Waals surface area contributed by atoms with E-state index in [1.54, 1.807) is 17.0 Å². The molecule has 2 amide bonds. The molecule has 26 heavy (non-hydrogen) atoms. The monoisotopic (exact) mass is 387 g/mol. The van der Waals surface area contributed by atoms with Crippen molar-refractivity contribution in [2.75, 3.05) is 32.8 Å². The van der Waals surface area contributed by atoms with E-state index in [-0.39, 0.29) is 36.0 Å². The van der Waals surface area contributed by atoms with Crippen LogP contribution in [-0.4, -0.2) is 49.5 Å². The quantitative estimate of drug-likeness (QED) is 0.665. The summed E-state index contributed by atoms with van der Waals surface area (Å²) in [4.78, 5) is 26.1. The maximum Gasteiger partial charge on any atom is 0.224 e. The Morgan fingerprint density at radius 3 is 2.73 bits per heavy atom. The number of benzene rings is 1. The molecule has 1 saturated heterocycles. The average Bonchev–Trinajstić information content (AvgIpc) is 2.64. The van der Waals surface area contributed by atoms with Crippen molar-refractivity contribution in [2.45, 2.75) is 25.7 Å². The highest BCUT2D eigenvalue weighted by molar-refractivity contribution is 5.85. The van der Waals surface area contributed by atoms with Crippen molar-refractivity contribution in [2.24, 2.45) is 11.7 Å². The summed E-state index contributed by atoms with van der Waals surface area (Å²) in [5, 5.41) is 2.79. The van der Waals surface area contributed by atoms with Gasteiger partial charge in [-0.25, -0.2) is 4.39 Å². The standard InChI is InChI=1S/C18H26FN3O3.ClH/c19-15-5-7-16(8-6-15)25-12-2-4-17(23)22-11-1-3-14(13-22)18(24)21-10-9-20;/h5-8,14H,1-4,9-13,20H2,(H,21,24);1H. The van der Waals surface area contributed by atoms with Crippen LogP contribution in [0.3, 0.4) is 0 Å². The number of hydrogen-bond donors (Lipinski definition) is 2. The molecule has 0 radical (unpaired) electrons. The minimum Gasteiger partial charge on any atom is -0.494 e.